The molecule has 0 spiro atoms. The van der Waals surface area contributed by atoms with Gasteiger partial charge in [0.2, 0.25) is 5.79 Å². The Kier molecular flexibility index (Phi) is 6.94. The number of aliphatic hydroxyl groups excluding tert-OH is 3. The zero-order valence-corrected chi connectivity index (χ0v) is 11.7. The fraction of sp³-hybridized carbons (Fsp3) is 0.917. The minimum Gasteiger partial charge on any atom is -0.480 e. The Hall–Kier alpha value is -0.810. The molecule has 1 heterocycles. The van der Waals surface area contributed by atoms with Crippen LogP contribution in [0.15, 0.2) is 0 Å². The lowest BCUT2D eigenvalue weighted by atomic mass is 9.97. The second kappa shape index (κ2) is 7.99. The van der Waals surface area contributed by atoms with E-state index in [1.54, 1.807) is 0 Å². The molecule has 1 fully saturated rings. The van der Waals surface area contributed by atoms with E-state index in [0.717, 1.165) is 0 Å². The van der Waals surface area contributed by atoms with Crippen LogP contribution in [0, 0.1) is 0 Å². The Morgan fingerprint density at radius 3 is 2.67 bits per heavy atom. The summed E-state index contributed by atoms with van der Waals surface area (Å²) in [5, 5.41) is 50.0. The minimum atomic E-state index is -1.96. The summed E-state index contributed by atoms with van der Waals surface area (Å²) >= 11 is 0. The minimum absolute atomic E-state index is 0.122. The van der Waals surface area contributed by atoms with E-state index in [1.165, 1.54) is 0 Å². The number of hydrogen-bond acceptors (Lipinski definition) is 8. The lowest BCUT2D eigenvalue weighted by Gasteiger charge is -2.41. The quantitative estimate of drug-likeness (QED) is 0.231. The van der Waals surface area contributed by atoms with E-state index in [0.29, 0.717) is 25.8 Å². The van der Waals surface area contributed by atoms with Crippen LogP contribution in [0.4, 0.5) is 0 Å². The molecule has 0 saturated carbocycles. The highest BCUT2D eigenvalue weighted by atomic mass is 16.6. The Bertz CT molecular complexity index is 344. The highest BCUT2D eigenvalue weighted by Crippen LogP contribution is 2.23. The lowest BCUT2D eigenvalue weighted by Crippen LogP contribution is -2.64. The van der Waals surface area contributed by atoms with E-state index in [4.69, 9.17) is 15.6 Å². The van der Waals surface area contributed by atoms with Gasteiger partial charge in [0.25, 0.3) is 0 Å². The molecule has 1 saturated heterocycles. The number of carboxylic acid groups (broad SMARTS) is 1. The van der Waals surface area contributed by atoms with E-state index in [2.05, 4.69) is 5.32 Å². The van der Waals surface area contributed by atoms with Crippen molar-refractivity contribution in [2.45, 2.75) is 49.4 Å². The molecule has 1 rings (SSSR count). The Morgan fingerprint density at radius 1 is 1.38 bits per heavy atom. The van der Waals surface area contributed by atoms with Crippen LogP contribution in [0.3, 0.4) is 0 Å². The van der Waals surface area contributed by atoms with Crippen molar-refractivity contribution < 1.29 is 35.1 Å². The van der Waals surface area contributed by atoms with Gasteiger partial charge in [-0.3, -0.25) is 4.79 Å². The van der Waals surface area contributed by atoms with Crippen LogP contribution in [-0.4, -0.2) is 81.3 Å². The topological polar surface area (TPSA) is 166 Å². The lowest BCUT2D eigenvalue weighted by molar-refractivity contribution is -0.317. The fourth-order valence-electron chi connectivity index (χ4n) is 2.05. The number of ether oxygens (including phenoxy) is 1. The third-order valence-electron chi connectivity index (χ3n) is 3.50. The number of rotatable bonds is 8. The summed E-state index contributed by atoms with van der Waals surface area (Å²) in [5.41, 5.74) is 5.35. The Morgan fingerprint density at radius 2 is 2.05 bits per heavy atom. The van der Waals surface area contributed by atoms with Crippen molar-refractivity contribution in [1.82, 2.24) is 5.32 Å². The van der Waals surface area contributed by atoms with Crippen molar-refractivity contribution in [2.75, 3.05) is 19.7 Å². The van der Waals surface area contributed by atoms with E-state index < -0.39 is 36.1 Å². The first-order valence-electron chi connectivity index (χ1n) is 6.87. The largest absolute Gasteiger partial charge is 0.480 e. The van der Waals surface area contributed by atoms with Crippen molar-refractivity contribution in [2.24, 2.45) is 5.73 Å². The van der Waals surface area contributed by atoms with Gasteiger partial charge in [-0.05, 0) is 19.4 Å². The van der Waals surface area contributed by atoms with E-state index in [1.807, 2.05) is 0 Å². The predicted molar refractivity (Wildman–Crippen MR) is 71.3 cm³/mol. The monoisotopic (exact) mass is 308 g/mol. The van der Waals surface area contributed by atoms with Gasteiger partial charge in [-0.1, -0.05) is 6.42 Å². The Labute approximate surface area is 122 Å². The molecule has 1 unspecified atom stereocenters. The smallest absolute Gasteiger partial charge is 0.320 e. The van der Waals surface area contributed by atoms with Gasteiger partial charge in [0.1, 0.15) is 24.4 Å². The van der Waals surface area contributed by atoms with Crippen LogP contribution in [0.5, 0.6) is 0 Å². The molecule has 1 aliphatic rings. The summed E-state index contributed by atoms with van der Waals surface area (Å²) in [7, 11) is 0. The van der Waals surface area contributed by atoms with Crippen LogP contribution in [-0.2, 0) is 9.53 Å². The number of carbonyl (C=O) groups is 1. The van der Waals surface area contributed by atoms with Gasteiger partial charge in [-0.25, -0.2) is 0 Å². The molecule has 8 N–H and O–H groups in total. The maximum Gasteiger partial charge on any atom is 0.320 e. The second-order valence-corrected chi connectivity index (χ2v) is 5.28. The van der Waals surface area contributed by atoms with Gasteiger partial charge in [-0.15, -0.1) is 0 Å². The highest BCUT2D eigenvalue weighted by molar-refractivity contribution is 5.72. The number of nitrogens with two attached hydrogens (primary N) is 1. The normalized spacial score (nSPS) is 34.6. The zero-order valence-electron chi connectivity index (χ0n) is 11.7. The van der Waals surface area contributed by atoms with Crippen molar-refractivity contribution in [1.29, 1.82) is 0 Å². The summed E-state index contributed by atoms with van der Waals surface area (Å²) in [6, 6.07) is -0.880. The maximum absolute atomic E-state index is 10.5. The second-order valence-electron chi connectivity index (χ2n) is 5.28. The van der Waals surface area contributed by atoms with Crippen molar-refractivity contribution >= 4 is 5.97 Å². The molecule has 0 amide bonds. The number of unbranched alkanes of at least 4 members (excludes halogenated alkanes) is 1. The summed E-state index contributed by atoms with van der Waals surface area (Å²) in [4.78, 5) is 10.5. The summed E-state index contributed by atoms with van der Waals surface area (Å²) < 4.78 is 4.97. The molecular formula is C12H24N2O7. The first-order valence-corrected chi connectivity index (χ1v) is 6.87. The molecular weight excluding hydrogens is 284 g/mol. The third kappa shape index (κ3) is 5.15. The van der Waals surface area contributed by atoms with Crippen LogP contribution in [0.1, 0.15) is 19.3 Å². The van der Waals surface area contributed by atoms with Crippen molar-refractivity contribution in [3.63, 3.8) is 0 Å². The molecule has 9 heteroatoms. The number of carboxylic acids is 1. The fourth-order valence-corrected chi connectivity index (χ4v) is 2.05. The SMILES string of the molecule is N[C@@H](CCCCNC[C@@]1(O)OCC(O)[C@@H](O)[C@H]1O)C(=O)O. The van der Waals surface area contributed by atoms with Crippen molar-refractivity contribution in [3.8, 4) is 0 Å². The van der Waals surface area contributed by atoms with Gasteiger partial charge in [-0.2, -0.15) is 0 Å². The Balaban J connectivity index is 2.21. The van der Waals surface area contributed by atoms with E-state index >= 15 is 0 Å². The summed E-state index contributed by atoms with van der Waals surface area (Å²) in [5.74, 6) is -3.00. The molecule has 9 nitrogen and oxygen atoms in total. The van der Waals surface area contributed by atoms with Gasteiger partial charge in [0.05, 0.1) is 13.2 Å². The van der Waals surface area contributed by atoms with E-state index in [-0.39, 0.29) is 13.2 Å². The van der Waals surface area contributed by atoms with Gasteiger partial charge >= 0.3 is 5.97 Å². The predicted octanol–water partition coefficient (Wildman–Crippen LogP) is -3.04. The van der Waals surface area contributed by atoms with E-state index in [9.17, 15) is 25.2 Å². The first kappa shape index (κ1) is 18.2. The molecule has 21 heavy (non-hydrogen) atoms. The average Bonchev–Trinajstić information content (AvgIpc) is 2.44. The van der Waals surface area contributed by atoms with Gasteiger partial charge < -0.3 is 41.3 Å². The van der Waals surface area contributed by atoms with Crippen LogP contribution in [0.25, 0.3) is 0 Å². The van der Waals surface area contributed by atoms with Crippen LogP contribution in [0.2, 0.25) is 0 Å². The standard InChI is InChI=1S/C12H24N2O7/c13-7(11(18)19)3-1-2-4-14-6-12(20)10(17)9(16)8(15)5-21-12/h7-10,14-17,20H,1-6,13H2,(H,18,19)/t7-,8?,9+,10+,12+/m0/s1. The average molecular weight is 308 g/mol. The zero-order chi connectivity index (χ0) is 16.0. The number of aliphatic carboxylic acids is 1. The molecule has 0 aromatic rings. The van der Waals surface area contributed by atoms with Gasteiger partial charge in [0.15, 0.2) is 0 Å². The summed E-state index contributed by atoms with van der Waals surface area (Å²) in [6.45, 7) is 0.0657. The first-order chi connectivity index (χ1) is 9.78. The molecule has 0 radical (unpaired) electrons. The van der Waals surface area contributed by atoms with Crippen molar-refractivity contribution in [3.05, 3.63) is 0 Å². The molecule has 5 atom stereocenters. The molecule has 124 valence electrons. The van der Waals surface area contributed by atoms with Crippen LogP contribution >= 0.6 is 0 Å². The molecule has 0 aliphatic carbocycles. The number of aliphatic hydroxyl groups is 4. The number of nitrogens with one attached hydrogen (secondary N) is 1. The molecule has 0 bridgehead atoms. The highest BCUT2D eigenvalue weighted by Gasteiger charge is 2.47. The number of hydrogen-bond donors (Lipinski definition) is 7. The molecule has 0 aromatic carbocycles. The molecule has 0 aromatic heterocycles. The third-order valence-corrected chi connectivity index (χ3v) is 3.50. The van der Waals surface area contributed by atoms with Gasteiger partial charge in [0, 0.05) is 0 Å². The molecule has 1 aliphatic heterocycles. The van der Waals surface area contributed by atoms with Crippen LogP contribution < -0.4 is 11.1 Å². The maximum atomic E-state index is 10.5. The summed E-state index contributed by atoms with van der Waals surface area (Å²) in [6.07, 6.45) is -2.74.